The molecule has 1 N–H and O–H groups in total. The summed E-state index contributed by atoms with van der Waals surface area (Å²) in [5.41, 5.74) is 2.10. The van der Waals surface area contributed by atoms with E-state index in [1.807, 2.05) is 18.2 Å². The predicted octanol–water partition coefficient (Wildman–Crippen LogP) is 4.12. The van der Waals surface area contributed by atoms with Crippen LogP contribution in [0.4, 0.5) is 4.39 Å². The fraction of sp³-hybridized carbons (Fsp3) is 0.350. The van der Waals surface area contributed by atoms with E-state index in [-0.39, 0.29) is 29.1 Å². The molecule has 0 aliphatic heterocycles. The lowest BCUT2D eigenvalue weighted by Crippen LogP contribution is -2.51. The first-order chi connectivity index (χ1) is 11.2. The maximum atomic E-state index is 13.0. The molecule has 2 aromatic carbocycles. The summed E-state index contributed by atoms with van der Waals surface area (Å²) in [5, 5.41) is 3.31. The van der Waals surface area contributed by atoms with Crippen molar-refractivity contribution in [2.24, 2.45) is 5.92 Å². The fourth-order valence-corrected chi connectivity index (χ4v) is 3.67. The van der Waals surface area contributed by atoms with Crippen molar-refractivity contribution in [2.45, 2.75) is 37.1 Å². The Balaban J connectivity index is 1.45. The van der Waals surface area contributed by atoms with E-state index in [0.29, 0.717) is 0 Å². The molecule has 23 heavy (non-hydrogen) atoms. The molecule has 0 radical (unpaired) electrons. The summed E-state index contributed by atoms with van der Waals surface area (Å²) in [6.07, 6.45) is 4.04. The van der Waals surface area contributed by atoms with Crippen LogP contribution in [0.15, 0.2) is 54.6 Å². The summed E-state index contributed by atoms with van der Waals surface area (Å²) < 4.78 is 13.0. The van der Waals surface area contributed by atoms with Gasteiger partial charge in [0, 0.05) is 5.92 Å². The van der Waals surface area contributed by atoms with E-state index in [4.69, 9.17) is 0 Å². The van der Waals surface area contributed by atoms with Gasteiger partial charge in [-0.25, -0.2) is 4.39 Å². The van der Waals surface area contributed by atoms with E-state index >= 15 is 0 Å². The monoisotopic (exact) mass is 309 g/mol. The maximum absolute atomic E-state index is 13.0. The van der Waals surface area contributed by atoms with E-state index < -0.39 is 0 Å². The van der Waals surface area contributed by atoms with Gasteiger partial charge in [-0.1, -0.05) is 42.5 Å². The Morgan fingerprint density at radius 2 is 1.74 bits per heavy atom. The first kappa shape index (κ1) is 14.4. The quantitative estimate of drug-likeness (QED) is 0.904. The lowest BCUT2D eigenvalue weighted by Gasteiger charge is -2.43. The third-order valence-electron chi connectivity index (χ3n) is 5.32. The Morgan fingerprint density at radius 3 is 2.35 bits per heavy atom. The summed E-state index contributed by atoms with van der Waals surface area (Å²) in [7, 11) is 0. The molecule has 0 aromatic heterocycles. The van der Waals surface area contributed by atoms with Gasteiger partial charge < -0.3 is 5.32 Å². The minimum absolute atomic E-state index is 0.0293. The Labute approximate surface area is 135 Å². The highest BCUT2D eigenvalue weighted by molar-refractivity contribution is 5.84. The molecule has 2 saturated carbocycles. The average molecular weight is 309 g/mol. The highest BCUT2D eigenvalue weighted by Gasteiger charge is 2.48. The minimum atomic E-state index is -0.229. The third-order valence-corrected chi connectivity index (χ3v) is 5.32. The number of nitrogens with one attached hydrogen (secondary N) is 1. The van der Waals surface area contributed by atoms with Crippen LogP contribution in [0.3, 0.4) is 0 Å². The lowest BCUT2D eigenvalue weighted by atomic mass is 9.71. The zero-order chi connectivity index (χ0) is 15.9. The van der Waals surface area contributed by atoms with Crippen LogP contribution in [-0.4, -0.2) is 5.91 Å². The van der Waals surface area contributed by atoms with Crippen LogP contribution in [0.2, 0.25) is 0 Å². The van der Waals surface area contributed by atoms with Crippen molar-refractivity contribution < 1.29 is 9.18 Å². The predicted molar refractivity (Wildman–Crippen MR) is 87.4 cm³/mol. The summed E-state index contributed by atoms with van der Waals surface area (Å²) >= 11 is 0. The van der Waals surface area contributed by atoms with Crippen LogP contribution < -0.4 is 5.32 Å². The van der Waals surface area contributed by atoms with Crippen molar-refractivity contribution in [3.63, 3.8) is 0 Å². The smallest absolute Gasteiger partial charge is 0.224 e. The molecule has 0 heterocycles. The molecule has 1 amide bonds. The standard InChI is InChI=1S/C20H20FNO/c21-16-9-7-14(8-10-16)17-13-18(17)19(23)22-20(11-4-12-20)15-5-2-1-3-6-15/h1-3,5-10,17-18H,4,11-13H2,(H,22,23). The van der Waals surface area contributed by atoms with Gasteiger partial charge in [0.25, 0.3) is 0 Å². The van der Waals surface area contributed by atoms with Crippen molar-refractivity contribution in [1.82, 2.24) is 5.32 Å². The number of carbonyl (C=O) groups is 1. The van der Waals surface area contributed by atoms with Gasteiger partial charge in [0.1, 0.15) is 5.82 Å². The molecule has 2 fully saturated rings. The fourth-order valence-electron chi connectivity index (χ4n) is 3.67. The topological polar surface area (TPSA) is 29.1 Å². The third kappa shape index (κ3) is 2.65. The molecule has 0 bridgehead atoms. The Bertz CT molecular complexity index is 706. The zero-order valence-electron chi connectivity index (χ0n) is 13.0. The normalized spacial score (nSPS) is 24.6. The lowest BCUT2D eigenvalue weighted by molar-refractivity contribution is -0.125. The molecule has 2 nitrogen and oxygen atoms in total. The first-order valence-corrected chi connectivity index (χ1v) is 8.31. The SMILES string of the molecule is O=C(NC1(c2ccccc2)CCC1)C1CC1c1ccc(F)cc1. The molecule has 0 saturated heterocycles. The second kappa shape index (κ2) is 5.48. The van der Waals surface area contributed by atoms with Crippen LogP contribution in [0.25, 0.3) is 0 Å². The van der Waals surface area contributed by atoms with Gasteiger partial charge >= 0.3 is 0 Å². The molecule has 2 unspecified atom stereocenters. The number of rotatable bonds is 4. The molecule has 4 rings (SSSR count). The molecule has 2 aliphatic rings. The summed E-state index contributed by atoms with van der Waals surface area (Å²) in [6.45, 7) is 0. The van der Waals surface area contributed by atoms with Crippen LogP contribution >= 0.6 is 0 Å². The van der Waals surface area contributed by atoms with Gasteiger partial charge in [-0.05, 0) is 54.9 Å². The van der Waals surface area contributed by atoms with E-state index in [2.05, 4.69) is 17.4 Å². The Hall–Kier alpha value is -2.16. The number of benzene rings is 2. The molecule has 3 heteroatoms. The molecular weight excluding hydrogens is 289 g/mol. The van der Waals surface area contributed by atoms with Gasteiger partial charge in [-0.3, -0.25) is 4.79 Å². The van der Waals surface area contributed by atoms with Crippen molar-refractivity contribution in [3.05, 3.63) is 71.5 Å². The Kier molecular flexibility index (Phi) is 3.44. The van der Waals surface area contributed by atoms with Gasteiger partial charge in [-0.15, -0.1) is 0 Å². The number of carbonyl (C=O) groups excluding carboxylic acids is 1. The molecule has 2 aliphatic carbocycles. The average Bonchev–Trinajstić information content (AvgIpc) is 3.33. The molecule has 118 valence electrons. The van der Waals surface area contributed by atoms with Crippen molar-refractivity contribution in [2.75, 3.05) is 0 Å². The van der Waals surface area contributed by atoms with Gasteiger partial charge in [0.05, 0.1) is 5.54 Å². The van der Waals surface area contributed by atoms with Gasteiger partial charge in [-0.2, -0.15) is 0 Å². The van der Waals surface area contributed by atoms with Crippen molar-refractivity contribution in [1.29, 1.82) is 0 Å². The molecule has 0 spiro atoms. The first-order valence-electron chi connectivity index (χ1n) is 8.31. The van der Waals surface area contributed by atoms with E-state index in [9.17, 15) is 9.18 Å². The molecular formula is C20H20FNO. The van der Waals surface area contributed by atoms with Crippen molar-refractivity contribution in [3.8, 4) is 0 Å². The highest BCUT2D eigenvalue weighted by Crippen LogP contribution is 2.49. The second-order valence-corrected chi connectivity index (χ2v) is 6.79. The van der Waals surface area contributed by atoms with Crippen LogP contribution in [-0.2, 0) is 10.3 Å². The van der Waals surface area contributed by atoms with E-state index in [1.165, 1.54) is 17.7 Å². The van der Waals surface area contributed by atoms with Gasteiger partial charge in [0.15, 0.2) is 0 Å². The van der Waals surface area contributed by atoms with Gasteiger partial charge in [0.2, 0.25) is 5.91 Å². The Morgan fingerprint density at radius 1 is 1.04 bits per heavy atom. The maximum Gasteiger partial charge on any atom is 0.224 e. The molecule has 2 aromatic rings. The number of halogens is 1. The number of hydrogen-bond donors (Lipinski definition) is 1. The van der Waals surface area contributed by atoms with Crippen LogP contribution in [0.1, 0.15) is 42.7 Å². The summed E-state index contributed by atoms with van der Waals surface area (Å²) in [6, 6.07) is 16.8. The zero-order valence-corrected chi connectivity index (χ0v) is 13.0. The van der Waals surface area contributed by atoms with Crippen LogP contribution in [0, 0.1) is 11.7 Å². The van der Waals surface area contributed by atoms with E-state index in [1.54, 1.807) is 12.1 Å². The molecule has 2 atom stereocenters. The van der Waals surface area contributed by atoms with E-state index in [0.717, 1.165) is 31.2 Å². The second-order valence-electron chi connectivity index (χ2n) is 6.79. The summed E-state index contributed by atoms with van der Waals surface area (Å²) in [4.78, 5) is 12.7. The number of amides is 1. The summed E-state index contributed by atoms with van der Waals surface area (Å²) in [5.74, 6) is 0.181. The number of hydrogen-bond acceptors (Lipinski definition) is 1. The van der Waals surface area contributed by atoms with Crippen LogP contribution in [0.5, 0.6) is 0 Å². The largest absolute Gasteiger partial charge is 0.346 e. The van der Waals surface area contributed by atoms with Crippen molar-refractivity contribution >= 4 is 5.91 Å². The minimum Gasteiger partial charge on any atom is -0.346 e. The highest BCUT2D eigenvalue weighted by atomic mass is 19.1.